The van der Waals surface area contributed by atoms with Crippen LogP contribution in [0.1, 0.15) is 100 Å². The van der Waals surface area contributed by atoms with Crippen LogP contribution in [-0.4, -0.2) is 66.4 Å². The number of imidazole rings is 1. The fraction of sp³-hybridized carbons (Fsp3) is 0.439. The molecule has 52 heavy (non-hydrogen) atoms. The Morgan fingerprint density at radius 1 is 1.00 bits per heavy atom. The van der Waals surface area contributed by atoms with E-state index in [1.54, 1.807) is 4.90 Å². The van der Waals surface area contributed by atoms with Crippen LogP contribution >= 0.6 is 0 Å². The molecular formula is C41H49N7O4. The van der Waals surface area contributed by atoms with E-state index in [9.17, 15) is 9.59 Å². The van der Waals surface area contributed by atoms with Crippen molar-refractivity contribution in [3.63, 3.8) is 0 Å². The summed E-state index contributed by atoms with van der Waals surface area (Å²) >= 11 is 0. The number of fused-ring (bicyclic) bond motifs is 1. The molecule has 4 heterocycles. The molecule has 1 aliphatic heterocycles. The summed E-state index contributed by atoms with van der Waals surface area (Å²) in [6, 6.07) is 16.3. The summed E-state index contributed by atoms with van der Waals surface area (Å²) in [6.45, 7) is 11.2. The van der Waals surface area contributed by atoms with Crippen LogP contribution in [0.25, 0.3) is 44.8 Å². The molecule has 0 spiro atoms. The zero-order valence-corrected chi connectivity index (χ0v) is 30.9. The first-order valence-corrected chi connectivity index (χ1v) is 18.6. The van der Waals surface area contributed by atoms with Crippen molar-refractivity contribution in [2.75, 3.05) is 13.2 Å². The molecule has 2 aromatic carbocycles. The van der Waals surface area contributed by atoms with Gasteiger partial charge in [0.2, 0.25) is 0 Å². The van der Waals surface area contributed by atoms with Crippen molar-refractivity contribution in [3.8, 4) is 33.9 Å². The number of ether oxygens (including phenoxy) is 2. The third kappa shape index (κ3) is 7.46. The fourth-order valence-corrected chi connectivity index (χ4v) is 7.26. The topological polar surface area (TPSA) is 127 Å². The minimum absolute atomic E-state index is 0.157. The molecular weight excluding hydrogens is 654 g/mol. The Morgan fingerprint density at radius 3 is 2.48 bits per heavy atom. The smallest absolute Gasteiger partial charge is 0.410 e. The number of carbonyl (C=O) groups is 2. The molecule has 0 bridgehead atoms. The van der Waals surface area contributed by atoms with Crippen molar-refractivity contribution in [1.82, 2.24) is 34.9 Å². The van der Waals surface area contributed by atoms with E-state index in [0.717, 1.165) is 83.7 Å². The maximum atomic E-state index is 13.8. The average molecular weight is 704 g/mol. The van der Waals surface area contributed by atoms with Gasteiger partial charge in [-0.1, -0.05) is 49.2 Å². The highest BCUT2D eigenvalue weighted by Crippen LogP contribution is 2.37. The molecule has 7 rings (SSSR count). The third-order valence-corrected chi connectivity index (χ3v) is 10.1. The van der Waals surface area contributed by atoms with Gasteiger partial charge in [-0.15, -0.1) is 0 Å². The Kier molecular flexibility index (Phi) is 10.1. The summed E-state index contributed by atoms with van der Waals surface area (Å²) in [6.07, 6.45) is 10.3. The highest BCUT2D eigenvalue weighted by atomic mass is 16.6. The van der Waals surface area contributed by atoms with Crippen LogP contribution in [-0.2, 0) is 16.0 Å². The number of nitrogens with one attached hydrogen (secondary N) is 2. The van der Waals surface area contributed by atoms with Crippen LogP contribution in [0.3, 0.4) is 0 Å². The number of nitrogens with zero attached hydrogens (tertiary/aromatic N) is 5. The molecule has 2 aliphatic rings. The van der Waals surface area contributed by atoms with E-state index in [0.29, 0.717) is 42.6 Å². The molecule has 1 saturated heterocycles. The van der Waals surface area contributed by atoms with E-state index >= 15 is 0 Å². The van der Waals surface area contributed by atoms with Crippen LogP contribution in [0.4, 0.5) is 4.79 Å². The lowest BCUT2D eigenvalue weighted by molar-refractivity contribution is -0.0365. The molecule has 5 aromatic rings. The van der Waals surface area contributed by atoms with Crippen LogP contribution in [0.5, 0.6) is 0 Å². The molecule has 2 amide bonds. The van der Waals surface area contributed by atoms with E-state index in [1.165, 1.54) is 0 Å². The lowest BCUT2D eigenvalue weighted by Gasteiger charge is -2.27. The summed E-state index contributed by atoms with van der Waals surface area (Å²) < 4.78 is 13.9. The summed E-state index contributed by atoms with van der Waals surface area (Å²) in [4.78, 5) is 41.6. The summed E-state index contributed by atoms with van der Waals surface area (Å²) in [7, 11) is 0. The highest BCUT2D eigenvalue weighted by molar-refractivity contribution is 6.01. The number of hydrogen-bond donors (Lipinski definition) is 2. The van der Waals surface area contributed by atoms with E-state index in [4.69, 9.17) is 19.6 Å². The predicted octanol–water partition coefficient (Wildman–Crippen LogP) is 8.59. The maximum absolute atomic E-state index is 13.8. The highest BCUT2D eigenvalue weighted by Gasteiger charge is 2.28. The number of benzene rings is 2. The number of carbonyl (C=O) groups excluding carboxylic acids is 2. The van der Waals surface area contributed by atoms with Crippen LogP contribution in [0.2, 0.25) is 0 Å². The summed E-state index contributed by atoms with van der Waals surface area (Å²) in [5.74, 6) is 0.363. The van der Waals surface area contributed by atoms with Crippen molar-refractivity contribution in [3.05, 3.63) is 77.7 Å². The second kappa shape index (κ2) is 14.9. The van der Waals surface area contributed by atoms with E-state index in [-0.39, 0.29) is 24.3 Å². The number of pyridine rings is 1. The van der Waals surface area contributed by atoms with E-state index in [1.807, 2.05) is 75.1 Å². The molecule has 11 nitrogen and oxygen atoms in total. The first-order chi connectivity index (χ1) is 25.1. The van der Waals surface area contributed by atoms with Gasteiger partial charge >= 0.3 is 6.09 Å². The van der Waals surface area contributed by atoms with Gasteiger partial charge in [-0.25, -0.2) is 14.5 Å². The first-order valence-electron chi connectivity index (χ1n) is 18.6. The van der Waals surface area contributed by atoms with Gasteiger partial charge in [-0.05, 0) is 95.5 Å². The Labute approximate surface area is 305 Å². The summed E-state index contributed by atoms with van der Waals surface area (Å²) in [5.41, 5.74) is 6.73. The van der Waals surface area contributed by atoms with Gasteiger partial charge in [0.1, 0.15) is 22.7 Å². The molecule has 11 heteroatoms. The standard InChI is InChI=1S/C41H49N7O4/c1-6-47(40(50)52-41(3,4)5)25-29-23-42-24-32(26(29)2)28-19-20-33-31(22-28)36(46-48(33)34-18-12-13-21-51-34)38-44-35(27-14-8-7-9-15-27)37(45-38)39(49)43-30-16-10-11-17-30/h7-9,14-15,19-20,22-24,30,34H,6,10-13,16-18,21,25H2,1-5H3,(H,43,49)(H,44,45). The molecule has 1 unspecified atom stereocenters. The Balaban J connectivity index is 1.31. The number of aromatic nitrogens is 5. The number of aromatic amines is 1. The van der Waals surface area contributed by atoms with Crippen LogP contribution in [0.15, 0.2) is 60.9 Å². The molecule has 1 saturated carbocycles. The van der Waals surface area contributed by atoms with Gasteiger partial charge in [-0.3, -0.25) is 9.78 Å². The number of amides is 2. The lowest BCUT2D eigenvalue weighted by Crippen LogP contribution is -2.36. The normalized spacial score (nSPS) is 16.7. The predicted molar refractivity (Wildman–Crippen MR) is 202 cm³/mol. The second-order valence-electron chi connectivity index (χ2n) is 14.9. The first kappa shape index (κ1) is 35.4. The van der Waals surface area contributed by atoms with Crippen molar-refractivity contribution in [2.45, 2.75) is 104 Å². The van der Waals surface area contributed by atoms with Crippen LogP contribution in [0, 0.1) is 6.92 Å². The maximum Gasteiger partial charge on any atom is 0.410 e. The minimum atomic E-state index is -0.587. The Hall–Kier alpha value is -5.03. The minimum Gasteiger partial charge on any atom is -0.444 e. The molecule has 272 valence electrons. The van der Waals surface area contributed by atoms with E-state index < -0.39 is 5.60 Å². The molecule has 1 atom stereocenters. The number of hydrogen-bond acceptors (Lipinski definition) is 7. The average Bonchev–Trinajstić information content (AvgIpc) is 3.90. The van der Waals surface area contributed by atoms with Crippen LogP contribution < -0.4 is 5.32 Å². The van der Waals surface area contributed by atoms with Gasteiger partial charge in [-0.2, -0.15) is 5.10 Å². The number of H-pyrrole nitrogens is 1. The van der Waals surface area contributed by atoms with Gasteiger partial charge in [0.05, 0.1) is 12.1 Å². The monoisotopic (exact) mass is 703 g/mol. The lowest BCUT2D eigenvalue weighted by atomic mass is 9.97. The van der Waals surface area contributed by atoms with Crippen molar-refractivity contribution < 1.29 is 19.1 Å². The Bertz CT molecular complexity index is 2050. The van der Waals surface area contributed by atoms with Gasteiger partial charge < -0.3 is 24.7 Å². The second-order valence-corrected chi connectivity index (χ2v) is 14.9. The largest absolute Gasteiger partial charge is 0.444 e. The van der Waals surface area contributed by atoms with Crippen molar-refractivity contribution in [1.29, 1.82) is 0 Å². The SMILES string of the molecule is CCN(Cc1cncc(-c2ccc3c(c2)c(-c2nc(-c4ccccc4)c(C(=O)NC4CCCC4)[nH]2)nn3C2CCCCO2)c1C)C(=O)OC(C)(C)C. The third-order valence-electron chi connectivity index (χ3n) is 10.1. The Morgan fingerprint density at radius 2 is 1.77 bits per heavy atom. The number of rotatable bonds is 9. The molecule has 3 aromatic heterocycles. The summed E-state index contributed by atoms with van der Waals surface area (Å²) in [5, 5.41) is 9.29. The molecule has 0 radical (unpaired) electrons. The van der Waals surface area contributed by atoms with Gasteiger partial charge in [0.15, 0.2) is 12.1 Å². The van der Waals surface area contributed by atoms with E-state index in [2.05, 4.69) is 40.4 Å². The molecule has 1 aliphatic carbocycles. The molecule has 2 N–H and O–H groups in total. The van der Waals surface area contributed by atoms with Crippen molar-refractivity contribution >= 4 is 22.9 Å². The zero-order valence-electron chi connectivity index (χ0n) is 30.9. The van der Waals surface area contributed by atoms with Gasteiger partial charge in [0.25, 0.3) is 5.91 Å². The zero-order chi connectivity index (χ0) is 36.4. The quantitative estimate of drug-likeness (QED) is 0.157. The van der Waals surface area contributed by atoms with Crippen molar-refractivity contribution in [2.24, 2.45) is 0 Å². The molecule has 2 fully saturated rings. The van der Waals surface area contributed by atoms with Gasteiger partial charge in [0, 0.05) is 48.1 Å². The fourth-order valence-electron chi connectivity index (χ4n) is 7.26.